The fourth-order valence-electron chi connectivity index (χ4n) is 7.73. The Kier molecular flexibility index (Phi) is 26.8. The molecule has 6 rings (SSSR count). The molecule has 0 radical (unpaired) electrons. The summed E-state index contributed by atoms with van der Waals surface area (Å²) in [6, 6.07) is 8.71. The summed E-state index contributed by atoms with van der Waals surface area (Å²) in [5.74, 6) is -12.0. The molecule has 0 aliphatic rings. The van der Waals surface area contributed by atoms with E-state index in [9.17, 15) is 78.6 Å². The van der Waals surface area contributed by atoms with Crippen LogP contribution >= 0.6 is 0 Å². The second-order valence-electron chi connectivity index (χ2n) is 19.2. The molecular weight excluding hydrogens is 1140 g/mol. The van der Waals surface area contributed by atoms with Crippen LogP contribution in [0.3, 0.4) is 0 Å². The normalized spacial score (nSPS) is 10.6. The van der Waals surface area contributed by atoms with Crippen molar-refractivity contribution in [3.63, 3.8) is 0 Å². The minimum absolute atomic E-state index is 0.00264. The van der Waals surface area contributed by atoms with E-state index in [1.54, 1.807) is 41.5 Å². The number of carbonyl (C=O) groups is 8. The van der Waals surface area contributed by atoms with E-state index in [1.165, 1.54) is 24.3 Å². The minimum atomic E-state index is -0.967. The number of aromatic hydroxyl groups is 6. The maximum Gasteiger partial charge on any atom is 0.313 e. The lowest BCUT2D eigenvalue weighted by Gasteiger charge is -2.18. The van der Waals surface area contributed by atoms with Crippen molar-refractivity contribution < 1.29 is 111 Å². The molecule has 2 heterocycles. The van der Waals surface area contributed by atoms with Crippen LogP contribution < -0.4 is 39.3 Å². The summed E-state index contributed by atoms with van der Waals surface area (Å²) in [5, 5.41) is 56.9. The van der Waals surface area contributed by atoms with Crippen molar-refractivity contribution >= 4 is 69.7 Å². The number of carbonyl (C=O) groups excluding carboxylic acids is 8. The second-order valence-corrected chi connectivity index (χ2v) is 19.2. The number of phenols is 5. The molecule has 6 aromatic rings. The number of esters is 8. The summed E-state index contributed by atoms with van der Waals surface area (Å²) in [7, 11) is 0. The predicted octanol–water partition coefficient (Wildman–Crippen LogP) is 11.0. The molecule has 0 atom stereocenters. The van der Waals surface area contributed by atoms with Crippen molar-refractivity contribution in [3.8, 4) is 91.6 Å². The fourth-order valence-corrected chi connectivity index (χ4v) is 7.73. The first-order valence-corrected chi connectivity index (χ1v) is 28.2. The van der Waals surface area contributed by atoms with Gasteiger partial charge in [0.15, 0.2) is 40.3 Å². The number of hydrogen-bond donors (Lipinski definition) is 6. The smallest absolute Gasteiger partial charge is 0.313 e. The molecule has 25 nitrogen and oxygen atoms in total. The number of ether oxygens (including phenoxy) is 7. The monoisotopic (exact) mass is 1210 g/mol. The molecule has 0 bridgehead atoms. The zero-order chi connectivity index (χ0) is 64.7. The summed E-state index contributed by atoms with van der Waals surface area (Å²) < 4.78 is 49.3. The van der Waals surface area contributed by atoms with Crippen LogP contribution in [0, 0.1) is 0 Å². The van der Waals surface area contributed by atoms with Gasteiger partial charge in [0, 0.05) is 86.8 Å². The Morgan fingerprint density at radius 2 is 0.736 bits per heavy atom. The number of rotatable bonds is 24. The molecule has 6 N–H and O–H groups in total. The molecule has 0 amide bonds. The summed E-state index contributed by atoms with van der Waals surface area (Å²) in [5.41, 5.74) is -2.57. The van der Waals surface area contributed by atoms with Gasteiger partial charge in [0.1, 0.15) is 44.9 Å². The molecule has 2 aromatic heterocycles. The molecule has 0 saturated carbocycles. The third-order valence-electron chi connectivity index (χ3n) is 11.6. The van der Waals surface area contributed by atoms with E-state index in [2.05, 4.69) is 4.74 Å². The highest BCUT2D eigenvalue weighted by Gasteiger charge is 2.30. The lowest BCUT2D eigenvalue weighted by molar-refractivity contribution is -0.160. The highest BCUT2D eigenvalue weighted by atomic mass is 16.6. The molecule has 87 heavy (non-hydrogen) atoms. The van der Waals surface area contributed by atoms with Gasteiger partial charge in [-0.25, -0.2) is 0 Å². The molecular formula is C62H70O25. The molecule has 0 aliphatic carbocycles. The van der Waals surface area contributed by atoms with Crippen LogP contribution in [0.2, 0.25) is 0 Å². The Bertz CT molecular complexity index is 3540. The number of phenolic OH excluding ortho intramolecular Hbond substituents is 5. The van der Waals surface area contributed by atoms with Gasteiger partial charge in [-0.2, -0.15) is 0 Å². The molecule has 0 aliphatic heterocycles. The Morgan fingerprint density at radius 3 is 1.20 bits per heavy atom. The highest BCUT2D eigenvalue weighted by Crippen LogP contribution is 2.46. The Hall–Kier alpha value is -9.94. The van der Waals surface area contributed by atoms with Gasteiger partial charge < -0.3 is 72.6 Å². The van der Waals surface area contributed by atoms with Gasteiger partial charge in [-0.3, -0.25) is 47.9 Å². The third-order valence-corrected chi connectivity index (χ3v) is 11.6. The Morgan fingerprint density at radius 1 is 0.356 bits per heavy atom. The van der Waals surface area contributed by atoms with Crippen molar-refractivity contribution in [1.82, 2.24) is 0 Å². The van der Waals surface area contributed by atoms with Crippen LogP contribution in [-0.2, 0) is 43.1 Å². The minimum Gasteiger partial charge on any atom is -0.508 e. The number of hydrogen-bond acceptors (Lipinski definition) is 25. The van der Waals surface area contributed by atoms with Crippen molar-refractivity contribution in [1.29, 1.82) is 0 Å². The van der Waals surface area contributed by atoms with Crippen LogP contribution in [-0.4, -0.2) is 78.4 Å². The predicted molar refractivity (Wildman–Crippen MR) is 310 cm³/mol. The largest absolute Gasteiger partial charge is 0.508 e. The Labute approximate surface area is 497 Å². The Balaban J connectivity index is 0.000000385. The van der Waals surface area contributed by atoms with Gasteiger partial charge in [-0.15, -0.1) is 0 Å². The summed E-state index contributed by atoms with van der Waals surface area (Å²) in [6.45, 7) is 14.3. The number of fused-ring (bicyclic) bond motifs is 2. The lowest BCUT2D eigenvalue weighted by Crippen LogP contribution is -2.18. The maximum atomic E-state index is 14.4. The molecule has 0 spiro atoms. The van der Waals surface area contributed by atoms with E-state index in [4.69, 9.17) is 37.3 Å². The summed E-state index contributed by atoms with van der Waals surface area (Å²) in [4.78, 5) is 124. The van der Waals surface area contributed by atoms with Gasteiger partial charge in [0.05, 0.1) is 0 Å². The van der Waals surface area contributed by atoms with Crippen LogP contribution in [0.15, 0.2) is 67.0 Å². The van der Waals surface area contributed by atoms with Crippen LogP contribution in [0.4, 0.5) is 0 Å². The van der Waals surface area contributed by atoms with Crippen LogP contribution in [0.5, 0.6) is 69.0 Å². The maximum absolute atomic E-state index is 14.4. The van der Waals surface area contributed by atoms with E-state index in [0.717, 1.165) is 37.1 Å². The summed E-state index contributed by atoms with van der Waals surface area (Å²) >= 11 is 0. The quantitative estimate of drug-likeness (QED) is 0.0142. The van der Waals surface area contributed by atoms with Crippen molar-refractivity contribution in [2.45, 2.75) is 158 Å². The van der Waals surface area contributed by atoms with E-state index in [-0.39, 0.29) is 106 Å². The zero-order valence-corrected chi connectivity index (χ0v) is 49.4. The van der Waals surface area contributed by atoms with Crippen LogP contribution in [0.25, 0.3) is 44.6 Å². The van der Waals surface area contributed by atoms with Crippen molar-refractivity contribution in [2.75, 3.05) is 0 Å². The van der Waals surface area contributed by atoms with Gasteiger partial charge in [0.2, 0.25) is 28.1 Å². The second kappa shape index (κ2) is 33.5. The standard InChI is InChI=1S/C39H46O14.C15H10O8.C8H14O3/c1-7-13-29(40)47-24-21-25(48-30(41)14-8-2)35-26(22-24)51-37(39(36(35)46)53-34(45)18-12-6)23-19-27(49-31(42)15-9-3)38(52-33(44)17-11-5)28(20-23)50-32(43)16-10-4;16-6-3-7(17)11-10(4-6)23-15(14(22)13(11)21)5-1-8(18)12(20)9(19)2-5;1-3-5-7(9)11-8(10)6-4-2/h19-22H,7-18H2,1-6H3;1-4,16-20,22H;3-6H2,1-2H3. The average Bonchev–Trinajstić information content (AvgIpc) is 1.13. The third kappa shape index (κ3) is 19.6. The topological polar surface area (TPSA) is 383 Å². The van der Waals surface area contributed by atoms with E-state index < -0.39 is 105 Å². The van der Waals surface area contributed by atoms with E-state index in [0.29, 0.717) is 51.4 Å². The lowest BCUT2D eigenvalue weighted by atomic mass is 10.1. The van der Waals surface area contributed by atoms with E-state index in [1.807, 2.05) is 13.8 Å². The van der Waals surface area contributed by atoms with E-state index >= 15 is 0 Å². The molecule has 0 unspecified atom stereocenters. The molecule has 25 heteroatoms. The van der Waals surface area contributed by atoms with Gasteiger partial charge in [-0.05, 0) is 75.6 Å². The van der Waals surface area contributed by atoms with Gasteiger partial charge in [-0.1, -0.05) is 55.4 Å². The molecule has 0 fully saturated rings. The SMILES string of the molecule is CCCC(=O)OC(=O)CCC.CCCC(=O)Oc1cc(OC(=O)CCC)c2c(=O)c(OC(=O)CCC)c(-c3cc(OC(=O)CCC)c(OC(=O)CCC)c(OC(=O)CCC)c3)oc2c1.O=c1c(O)c(-c2cc(O)c(O)c(O)c2)oc2cc(O)cc(O)c12. The highest BCUT2D eigenvalue weighted by molar-refractivity contribution is 5.94. The fraction of sp³-hybridized carbons (Fsp3) is 0.387. The van der Waals surface area contributed by atoms with Crippen molar-refractivity contribution in [2.24, 2.45) is 0 Å². The number of benzene rings is 4. The van der Waals surface area contributed by atoms with Gasteiger partial charge in [0.25, 0.3) is 0 Å². The molecule has 468 valence electrons. The zero-order valence-electron chi connectivity index (χ0n) is 49.4. The molecule has 0 saturated heterocycles. The first kappa shape index (κ1) is 69.6. The average molecular weight is 1220 g/mol. The first-order chi connectivity index (χ1) is 41.4. The van der Waals surface area contributed by atoms with Gasteiger partial charge >= 0.3 is 47.8 Å². The van der Waals surface area contributed by atoms with Crippen molar-refractivity contribution in [3.05, 3.63) is 69.0 Å². The van der Waals surface area contributed by atoms with Crippen LogP contribution in [0.1, 0.15) is 158 Å². The summed E-state index contributed by atoms with van der Waals surface area (Å²) in [6.07, 6.45) is 4.54. The molecule has 4 aromatic carbocycles. The first-order valence-electron chi connectivity index (χ1n) is 28.2.